The number of nitrogens with one attached hydrogen (secondary N) is 1. The second-order valence-corrected chi connectivity index (χ2v) is 10.2. The van der Waals surface area contributed by atoms with Crippen LogP contribution in [-0.4, -0.2) is 65.9 Å². The number of hydrogen-bond donors (Lipinski definition) is 1. The highest BCUT2D eigenvalue weighted by Crippen LogP contribution is 2.39. The number of benzene rings is 1. The highest BCUT2D eigenvalue weighted by atomic mass is 35.5. The molecule has 31 heavy (non-hydrogen) atoms. The lowest BCUT2D eigenvalue weighted by Gasteiger charge is -2.25. The van der Waals surface area contributed by atoms with Gasteiger partial charge in [-0.15, -0.1) is 0 Å². The van der Waals surface area contributed by atoms with Crippen LogP contribution in [0.1, 0.15) is 5.56 Å². The molecule has 16 heteroatoms. The smallest absolute Gasteiger partial charge is 0.477 e. The van der Waals surface area contributed by atoms with Gasteiger partial charge in [-0.05, 0) is 18.6 Å². The Bertz CT molecular complexity index is 1210. The van der Waals surface area contributed by atoms with E-state index in [4.69, 9.17) is 21.1 Å². The molecule has 2 rings (SSSR count). The van der Waals surface area contributed by atoms with Gasteiger partial charge in [0.2, 0.25) is 10.0 Å². The second kappa shape index (κ2) is 8.80. The lowest BCUT2D eigenvalue weighted by atomic mass is 10.1. The van der Waals surface area contributed by atoms with Crippen molar-refractivity contribution in [3.63, 3.8) is 0 Å². The molecule has 0 fully saturated rings. The maximum absolute atomic E-state index is 12.5. The molecule has 1 aromatic heterocycles. The largest absolute Gasteiger partial charge is 0.511 e. The third-order valence-electron chi connectivity index (χ3n) is 3.94. The lowest BCUT2D eigenvalue weighted by molar-refractivity contribution is -0.0447. The topological polar surface area (TPSA) is 128 Å². The van der Waals surface area contributed by atoms with Crippen molar-refractivity contribution in [1.29, 1.82) is 0 Å². The molecule has 10 nitrogen and oxygen atoms in total. The van der Waals surface area contributed by atoms with E-state index in [9.17, 15) is 30.0 Å². The maximum atomic E-state index is 12.5. The Balaban J connectivity index is 2.64. The summed E-state index contributed by atoms with van der Waals surface area (Å²) in [7, 11) is -7.23. The average Bonchev–Trinajstić information content (AvgIpc) is 2.64. The van der Waals surface area contributed by atoms with Gasteiger partial charge in [0.25, 0.3) is 11.8 Å². The monoisotopic (exact) mass is 506 g/mol. The van der Waals surface area contributed by atoms with E-state index in [1.54, 1.807) is 6.92 Å². The summed E-state index contributed by atoms with van der Waals surface area (Å²) in [4.78, 5) is 8.37. The molecule has 0 aliphatic rings. The standard InChI is InChI=1S/C15H18ClF3N4O6S2/c1-8-7-9-11(22-14(29-3)13(21-9)28-2)12(10(8)16)23(30(4,24)25)6-5-20-31(26,27)15(17,18)19/h7,20H,5-6H2,1-4H3. The maximum Gasteiger partial charge on any atom is 0.511 e. The summed E-state index contributed by atoms with van der Waals surface area (Å²) < 4.78 is 97.1. The van der Waals surface area contributed by atoms with Gasteiger partial charge in [0.05, 0.1) is 36.7 Å². The summed E-state index contributed by atoms with van der Waals surface area (Å²) in [6, 6.07) is 1.50. The van der Waals surface area contributed by atoms with E-state index in [1.165, 1.54) is 25.0 Å². The number of aromatic nitrogens is 2. The van der Waals surface area contributed by atoms with Gasteiger partial charge in [0.15, 0.2) is 0 Å². The van der Waals surface area contributed by atoms with Crippen LogP contribution in [0.15, 0.2) is 6.07 Å². The Morgan fingerprint density at radius 3 is 2.16 bits per heavy atom. The molecule has 0 amide bonds. The molecule has 2 aromatic rings. The number of sulfonamides is 2. The van der Waals surface area contributed by atoms with E-state index in [0.29, 0.717) is 9.87 Å². The first-order chi connectivity index (χ1) is 14.1. The molecule has 0 saturated carbocycles. The number of rotatable bonds is 8. The minimum Gasteiger partial charge on any atom is -0.477 e. The molecule has 0 saturated heterocycles. The Morgan fingerprint density at radius 2 is 1.68 bits per heavy atom. The number of hydrogen-bond acceptors (Lipinski definition) is 8. The van der Waals surface area contributed by atoms with Gasteiger partial charge in [-0.2, -0.15) is 13.2 Å². The number of halogens is 4. The fourth-order valence-electron chi connectivity index (χ4n) is 2.55. The van der Waals surface area contributed by atoms with Crippen LogP contribution >= 0.6 is 11.6 Å². The van der Waals surface area contributed by atoms with E-state index in [2.05, 4.69) is 9.97 Å². The quantitative estimate of drug-likeness (QED) is 0.574. The number of anilines is 1. The molecule has 0 aliphatic heterocycles. The molecule has 0 unspecified atom stereocenters. The Kier molecular flexibility index (Phi) is 7.14. The molecule has 174 valence electrons. The van der Waals surface area contributed by atoms with Gasteiger partial charge in [0.1, 0.15) is 5.52 Å². The Hall–Kier alpha value is -2.10. The first kappa shape index (κ1) is 25.2. The van der Waals surface area contributed by atoms with Crippen molar-refractivity contribution >= 4 is 48.4 Å². The van der Waals surface area contributed by atoms with Crippen molar-refractivity contribution in [2.75, 3.05) is 37.9 Å². The molecule has 1 N–H and O–H groups in total. The molecule has 0 radical (unpaired) electrons. The van der Waals surface area contributed by atoms with Crippen molar-refractivity contribution in [3.05, 3.63) is 16.7 Å². The summed E-state index contributed by atoms with van der Waals surface area (Å²) >= 11 is 6.32. The summed E-state index contributed by atoms with van der Waals surface area (Å²) in [5.41, 5.74) is -5.24. The summed E-state index contributed by atoms with van der Waals surface area (Å²) in [5, 5.41) is -0.0712. The fraction of sp³-hybridized carbons (Fsp3) is 0.467. The first-order valence-electron chi connectivity index (χ1n) is 8.26. The van der Waals surface area contributed by atoms with Crippen LogP contribution in [0.3, 0.4) is 0 Å². The van der Waals surface area contributed by atoms with Gasteiger partial charge in [-0.1, -0.05) is 11.6 Å². The normalized spacial score (nSPS) is 12.8. The summed E-state index contributed by atoms with van der Waals surface area (Å²) in [6.45, 7) is -0.0413. The molecule has 0 atom stereocenters. The molecule has 0 bridgehead atoms. The van der Waals surface area contributed by atoms with Gasteiger partial charge in [-0.3, -0.25) is 4.31 Å². The molecule has 0 aliphatic carbocycles. The predicted octanol–water partition coefficient (Wildman–Crippen LogP) is 1.81. The van der Waals surface area contributed by atoms with Crippen LogP contribution in [-0.2, 0) is 20.0 Å². The van der Waals surface area contributed by atoms with E-state index < -0.39 is 38.6 Å². The zero-order valence-electron chi connectivity index (χ0n) is 16.6. The summed E-state index contributed by atoms with van der Waals surface area (Å²) in [6.07, 6.45) is 0.782. The second-order valence-electron chi connectivity index (χ2n) is 6.14. The van der Waals surface area contributed by atoms with Crippen LogP contribution in [0.2, 0.25) is 5.02 Å². The van der Waals surface area contributed by atoms with Crippen molar-refractivity contribution < 1.29 is 39.5 Å². The highest BCUT2D eigenvalue weighted by molar-refractivity contribution is 7.92. The van der Waals surface area contributed by atoms with E-state index in [1.807, 2.05) is 0 Å². The Labute approximate surface area is 181 Å². The lowest BCUT2D eigenvalue weighted by Crippen LogP contribution is -2.42. The first-order valence-corrected chi connectivity index (χ1v) is 12.0. The van der Waals surface area contributed by atoms with Gasteiger partial charge < -0.3 is 9.47 Å². The van der Waals surface area contributed by atoms with Crippen molar-refractivity contribution in [2.24, 2.45) is 0 Å². The molecule has 0 spiro atoms. The Morgan fingerprint density at radius 1 is 1.13 bits per heavy atom. The minimum absolute atomic E-state index is 0.00603. The predicted molar refractivity (Wildman–Crippen MR) is 108 cm³/mol. The van der Waals surface area contributed by atoms with E-state index in [0.717, 1.165) is 6.26 Å². The fourth-order valence-corrected chi connectivity index (χ4v) is 4.30. The van der Waals surface area contributed by atoms with Crippen molar-refractivity contribution in [2.45, 2.75) is 12.4 Å². The average molecular weight is 507 g/mol. The zero-order chi connectivity index (χ0) is 23.8. The number of alkyl halides is 3. The number of methoxy groups -OCH3 is 2. The van der Waals surface area contributed by atoms with Crippen LogP contribution in [0, 0.1) is 6.92 Å². The van der Waals surface area contributed by atoms with Gasteiger partial charge in [-0.25, -0.2) is 31.5 Å². The number of nitrogens with zero attached hydrogens (tertiary/aromatic N) is 3. The van der Waals surface area contributed by atoms with E-state index in [-0.39, 0.29) is 33.5 Å². The van der Waals surface area contributed by atoms with Gasteiger partial charge >= 0.3 is 15.5 Å². The number of fused-ring (bicyclic) bond motifs is 1. The van der Waals surface area contributed by atoms with Crippen LogP contribution in [0.25, 0.3) is 11.0 Å². The van der Waals surface area contributed by atoms with Crippen molar-refractivity contribution in [1.82, 2.24) is 14.7 Å². The van der Waals surface area contributed by atoms with Crippen LogP contribution < -0.4 is 18.5 Å². The van der Waals surface area contributed by atoms with Crippen molar-refractivity contribution in [3.8, 4) is 11.8 Å². The third kappa shape index (κ3) is 5.22. The highest BCUT2D eigenvalue weighted by Gasteiger charge is 2.45. The SMILES string of the molecule is COc1nc2cc(C)c(Cl)c(N(CCNS(=O)(=O)C(F)(F)F)S(C)(=O)=O)c2nc1OC. The molecular weight excluding hydrogens is 489 g/mol. The summed E-state index contributed by atoms with van der Waals surface area (Å²) in [5.74, 6) is -0.0890. The number of aryl methyl sites for hydroxylation is 1. The van der Waals surface area contributed by atoms with Crippen LogP contribution in [0.4, 0.5) is 18.9 Å². The minimum atomic E-state index is -5.67. The zero-order valence-corrected chi connectivity index (χ0v) is 19.0. The molecular formula is C15H18ClF3N4O6S2. The third-order valence-corrected chi connectivity index (χ3v) is 6.78. The number of ether oxygens (including phenoxy) is 2. The van der Waals surface area contributed by atoms with Crippen LogP contribution in [0.5, 0.6) is 11.8 Å². The molecule has 1 heterocycles. The van der Waals surface area contributed by atoms with Gasteiger partial charge in [0, 0.05) is 13.1 Å². The molecule has 1 aromatic carbocycles. The van der Waals surface area contributed by atoms with E-state index >= 15 is 0 Å².